The van der Waals surface area contributed by atoms with Gasteiger partial charge in [-0.1, -0.05) is 24.3 Å². The van der Waals surface area contributed by atoms with Crippen LogP contribution in [-0.2, 0) is 12.4 Å². The number of benzene rings is 2. The molecule has 1 radical (unpaired) electrons. The van der Waals surface area contributed by atoms with Crippen molar-refractivity contribution < 1.29 is 30.8 Å². The van der Waals surface area contributed by atoms with Gasteiger partial charge in [0.2, 0.25) is 0 Å². The Bertz CT molecular complexity index is 825. The Morgan fingerprint density at radius 3 is 1.96 bits per heavy atom. The van der Waals surface area contributed by atoms with Crippen LogP contribution in [0, 0.1) is 6.07 Å². The van der Waals surface area contributed by atoms with Gasteiger partial charge in [0.05, 0.1) is 17.4 Å². The summed E-state index contributed by atoms with van der Waals surface area (Å²) in [6.45, 7) is 0. The average Bonchev–Trinajstić information content (AvgIpc) is 2.88. The minimum atomic E-state index is -4.97. The highest BCUT2D eigenvalue weighted by Crippen LogP contribution is 2.46. The van der Waals surface area contributed by atoms with Crippen LogP contribution in [0.1, 0.15) is 11.1 Å². The summed E-state index contributed by atoms with van der Waals surface area (Å²) in [5.41, 5.74) is -3.90. The summed E-state index contributed by atoms with van der Waals surface area (Å²) >= 11 is 0. The van der Waals surface area contributed by atoms with Gasteiger partial charge in [-0.25, -0.2) is 0 Å². The van der Waals surface area contributed by atoms with Crippen molar-refractivity contribution in [3.05, 3.63) is 59.9 Å². The number of fused-ring (bicyclic) bond motifs is 1. The van der Waals surface area contributed by atoms with Crippen LogP contribution >= 0.6 is 0 Å². The second-order valence-corrected chi connectivity index (χ2v) is 4.81. The molecule has 0 unspecified atom stereocenters. The molecule has 119 valence electrons. The molecule has 0 atom stereocenters. The third-order valence-electron chi connectivity index (χ3n) is 3.34. The Kier molecular flexibility index (Phi) is 3.39. The minimum Gasteiger partial charge on any atom is -0.463 e. The summed E-state index contributed by atoms with van der Waals surface area (Å²) in [5, 5.41) is 0.589. The molecule has 1 aromatic heterocycles. The predicted octanol–water partition coefficient (Wildman–Crippen LogP) is 5.94. The molecule has 0 fully saturated rings. The molecule has 0 bridgehead atoms. The number of furan rings is 1. The van der Waals surface area contributed by atoms with Gasteiger partial charge in [-0.15, -0.1) is 0 Å². The summed E-state index contributed by atoms with van der Waals surface area (Å²) in [7, 11) is 0. The largest absolute Gasteiger partial charge is 0.463 e. The number of hydrogen-bond donors (Lipinski definition) is 0. The van der Waals surface area contributed by atoms with Gasteiger partial charge in [-0.2, -0.15) is 26.3 Å². The fourth-order valence-corrected chi connectivity index (χ4v) is 2.38. The summed E-state index contributed by atoms with van der Waals surface area (Å²) in [6.07, 6.45) is -8.82. The van der Waals surface area contributed by atoms with E-state index < -0.39 is 34.8 Å². The summed E-state index contributed by atoms with van der Waals surface area (Å²) in [4.78, 5) is 0. The SMILES string of the molecule is FC(F)(F)c1c[c]cc(C(F)(F)F)c1-c1occ2ccccc12. The van der Waals surface area contributed by atoms with Gasteiger partial charge in [-0.3, -0.25) is 0 Å². The highest BCUT2D eigenvalue weighted by Gasteiger charge is 2.42. The van der Waals surface area contributed by atoms with Gasteiger partial charge in [-0.05, 0) is 18.2 Å². The highest BCUT2D eigenvalue weighted by molar-refractivity contribution is 5.95. The molecular weight excluding hydrogens is 322 g/mol. The smallest absolute Gasteiger partial charge is 0.417 e. The zero-order valence-electron chi connectivity index (χ0n) is 11.2. The first kappa shape index (κ1) is 15.5. The number of rotatable bonds is 1. The van der Waals surface area contributed by atoms with Gasteiger partial charge < -0.3 is 4.42 Å². The zero-order valence-corrected chi connectivity index (χ0v) is 11.2. The van der Waals surface area contributed by atoms with E-state index in [1.807, 2.05) is 6.07 Å². The van der Waals surface area contributed by atoms with Gasteiger partial charge in [0.1, 0.15) is 5.76 Å². The molecule has 0 saturated carbocycles. The van der Waals surface area contributed by atoms with E-state index in [0.717, 1.165) is 6.26 Å². The normalized spacial score (nSPS) is 12.8. The fraction of sp³-hybridized carbons (Fsp3) is 0.125. The maximum absolute atomic E-state index is 13.2. The van der Waals surface area contributed by atoms with Crippen LogP contribution < -0.4 is 0 Å². The lowest BCUT2D eigenvalue weighted by Gasteiger charge is -2.17. The molecule has 1 heterocycles. The molecule has 0 spiro atoms. The van der Waals surface area contributed by atoms with Crippen molar-refractivity contribution >= 4 is 10.8 Å². The molecule has 3 rings (SSSR count). The third kappa shape index (κ3) is 2.67. The van der Waals surface area contributed by atoms with Crippen molar-refractivity contribution in [1.29, 1.82) is 0 Å². The van der Waals surface area contributed by atoms with Crippen molar-refractivity contribution in [3.8, 4) is 11.3 Å². The van der Waals surface area contributed by atoms with E-state index in [9.17, 15) is 26.3 Å². The van der Waals surface area contributed by atoms with E-state index in [0.29, 0.717) is 17.5 Å². The van der Waals surface area contributed by atoms with Crippen molar-refractivity contribution in [2.24, 2.45) is 0 Å². The summed E-state index contributed by atoms with van der Waals surface area (Å²) < 4.78 is 84.1. The van der Waals surface area contributed by atoms with E-state index in [-0.39, 0.29) is 5.39 Å². The lowest BCUT2D eigenvalue weighted by atomic mass is 9.96. The molecule has 7 heteroatoms. The molecule has 23 heavy (non-hydrogen) atoms. The first-order valence-electron chi connectivity index (χ1n) is 6.34. The molecular formula is C16H7F6O. The Morgan fingerprint density at radius 2 is 1.39 bits per heavy atom. The van der Waals surface area contributed by atoms with Crippen LogP contribution in [-0.4, -0.2) is 0 Å². The molecule has 3 aromatic rings. The van der Waals surface area contributed by atoms with E-state index in [1.54, 1.807) is 6.07 Å². The molecule has 0 aliphatic heterocycles. The first-order valence-corrected chi connectivity index (χ1v) is 6.34. The monoisotopic (exact) mass is 329 g/mol. The van der Waals surface area contributed by atoms with Crippen LogP contribution in [0.5, 0.6) is 0 Å². The quantitative estimate of drug-likeness (QED) is 0.504. The Morgan fingerprint density at radius 1 is 0.826 bits per heavy atom. The van der Waals surface area contributed by atoms with Crippen LogP contribution in [0.15, 0.2) is 47.1 Å². The molecule has 0 aliphatic carbocycles. The summed E-state index contributed by atoms with van der Waals surface area (Å²) in [6, 6.07) is 8.95. The zero-order chi connectivity index (χ0) is 16.8. The van der Waals surface area contributed by atoms with Gasteiger partial charge >= 0.3 is 12.4 Å². The average molecular weight is 329 g/mol. The van der Waals surface area contributed by atoms with E-state index >= 15 is 0 Å². The molecule has 0 saturated heterocycles. The predicted molar refractivity (Wildman–Crippen MR) is 70.5 cm³/mol. The third-order valence-corrected chi connectivity index (χ3v) is 3.34. The van der Waals surface area contributed by atoms with Gasteiger partial charge in [0, 0.05) is 16.3 Å². The molecule has 0 amide bonds. The van der Waals surface area contributed by atoms with Crippen LogP contribution in [0.2, 0.25) is 0 Å². The topological polar surface area (TPSA) is 13.1 Å². The maximum atomic E-state index is 13.2. The van der Waals surface area contributed by atoms with Crippen LogP contribution in [0.4, 0.5) is 26.3 Å². The van der Waals surface area contributed by atoms with E-state index in [4.69, 9.17) is 4.42 Å². The Labute approximate surface area is 126 Å². The van der Waals surface area contributed by atoms with Gasteiger partial charge in [0.15, 0.2) is 0 Å². The molecule has 2 aromatic carbocycles. The highest BCUT2D eigenvalue weighted by atomic mass is 19.4. The molecule has 0 aliphatic rings. The minimum absolute atomic E-state index is 0.176. The Balaban J connectivity index is 2.41. The van der Waals surface area contributed by atoms with Crippen LogP contribution in [0.3, 0.4) is 0 Å². The van der Waals surface area contributed by atoms with E-state index in [1.165, 1.54) is 18.2 Å². The van der Waals surface area contributed by atoms with E-state index in [2.05, 4.69) is 0 Å². The molecule has 0 N–H and O–H groups in total. The van der Waals surface area contributed by atoms with Crippen molar-refractivity contribution in [3.63, 3.8) is 0 Å². The summed E-state index contributed by atoms with van der Waals surface area (Å²) in [5.74, 6) is -0.464. The lowest BCUT2D eigenvalue weighted by Crippen LogP contribution is -2.14. The standard InChI is InChI=1S/C16H7F6O/c17-15(18,19)11-6-3-7-12(16(20,21)22)13(11)14-10-5-2-1-4-9(10)8-23-14/h1-2,4-8H. The lowest BCUT2D eigenvalue weighted by molar-refractivity contribution is -0.142. The second kappa shape index (κ2) is 5.04. The van der Waals surface area contributed by atoms with Crippen molar-refractivity contribution in [2.75, 3.05) is 0 Å². The second-order valence-electron chi connectivity index (χ2n) is 4.81. The van der Waals surface area contributed by atoms with Gasteiger partial charge in [0.25, 0.3) is 0 Å². The van der Waals surface area contributed by atoms with Crippen LogP contribution in [0.25, 0.3) is 22.1 Å². The number of halogens is 6. The number of alkyl halides is 6. The van der Waals surface area contributed by atoms with Crippen molar-refractivity contribution in [1.82, 2.24) is 0 Å². The first-order chi connectivity index (χ1) is 10.7. The number of hydrogen-bond acceptors (Lipinski definition) is 1. The Hall–Kier alpha value is -2.44. The fourth-order valence-electron chi connectivity index (χ4n) is 2.38. The van der Waals surface area contributed by atoms with Crippen molar-refractivity contribution in [2.45, 2.75) is 12.4 Å². The maximum Gasteiger partial charge on any atom is 0.417 e. The molecule has 1 nitrogen and oxygen atoms in total.